The molecule has 38 heavy (non-hydrogen) atoms. The number of carbonyl (C=O) groups excluding carboxylic acids is 1. The van der Waals surface area contributed by atoms with E-state index in [1.807, 2.05) is 74.5 Å². The average Bonchev–Trinajstić information content (AvgIpc) is 3.47. The van der Waals surface area contributed by atoms with E-state index in [2.05, 4.69) is 37.1 Å². The summed E-state index contributed by atoms with van der Waals surface area (Å²) in [5.74, 6) is 0.487. The van der Waals surface area contributed by atoms with Gasteiger partial charge in [0.25, 0.3) is 0 Å². The largest absolute Gasteiger partial charge is 0.489 e. The number of aryl methyl sites for hydroxylation is 1. The minimum absolute atomic E-state index is 0.194. The third-order valence-electron chi connectivity index (χ3n) is 6.17. The van der Waals surface area contributed by atoms with Crippen LogP contribution in [0.3, 0.4) is 0 Å². The summed E-state index contributed by atoms with van der Waals surface area (Å²) in [6.45, 7) is 4.33. The van der Waals surface area contributed by atoms with Crippen molar-refractivity contribution in [3.63, 3.8) is 0 Å². The lowest BCUT2D eigenvalue weighted by Gasteiger charge is -2.12. The Balaban J connectivity index is 1.26. The van der Waals surface area contributed by atoms with E-state index in [9.17, 15) is 10.1 Å². The topological polar surface area (TPSA) is 92.6 Å². The molecule has 0 bridgehead atoms. The number of furan rings is 1. The van der Waals surface area contributed by atoms with Crippen LogP contribution >= 0.6 is 15.9 Å². The van der Waals surface area contributed by atoms with Gasteiger partial charge in [0, 0.05) is 38.1 Å². The quantitative estimate of drug-likeness (QED) is 0.173. The van der Waals surface area contributed by atoms with Crippen molar-refractivity contribution in [2.45, 2.75) is 20.5 Å². The van der Waals surface area contributed by atoms with E-state index in [4.69, 9.17) is 9.15 Å². The lowest BCUT2D eigenvalue weighted by Crippen LogP contribution is -2.16. The Morgan fingerprint density at radius 2 is 1.89 bits per heavy atom. The van der Waals surface area contributed by atoms with Crippen LogP contribution in [0.1, 0.15) is 38.6 Å². The molecule has 0 saturated heterocycles. The Hall–Kier alpha value is -4.61. The van der Waals surface area contributed by atoms with Gasteiger partial charge in [-0.25, -0.2) is 5.43 Å². The highest BCUT2D eigenvalue weighted by Crippen LogP contribution is 2.24. The van der Waals surface area contributed by atoms with Gasteiger partial charge in [-0.15, -0.1) is 0 Å². The Morgan fingerprint density at radius 3 is 2.68 bits per heavy atom. The van der Waals surface area contributed by atoms with Crippen molar-refractivity contribution < 1.29 is 13.9 Å². The maximum Gasteiger partial charge on any atom is 0.307 e. The molecule has 7 nitrogen and oxygen atoms in total. The predicted octanol–water partition coefficient (Wildman–Crippen LogP) is 6.82. The Bertz CT molecular complexity index is 1710. The average molecular weight is 567 g/mol. The number of benzene rings is 3. The van der Waals surface area contributed by atoms with Gasteiger partial charge in [-0.3, -0.25) is 4.79 Å². The van der Waals surface area contributed by atoms with E-state index in [1.54, 1.807) is 24.4 Å². The summed E-state index contributed by atoms with van der Waals surface area (Å²) in [5.41, 5.74) is 8.49. The summed E-state index contributed by atoms with van der Waals surface area (Å²) < 4.78 is 14.5. The molecule has 0 unspecified atom stereocenters. The van der Waals surface area contributed by atoms with Crippen LogP contribution < -0.4 is 10.2 Å². The highest BCUT2D eigenvalue weighted by Gasteiger charge is 2.13. The highest BCUT2D eigenvalue weighted by atomic mass is 79.9. The number of nitrogens with one attached hydrogen (secondary N) is 1. The van der Waals surface area contributed by atoms with Crippen LogP contribution in [0.15, 0.2) is 92.9 Å². The molecule has 1 N–H and O–H groups in total. The molecule has 0 saturated carbocycles. The maximum atomic E-state index is 12.5. The monoisotopic (exact) mass is 566 g/mol. The summed E-state index contributed by atoms with van der Waals surface area (Å²) in [7, 11) is 0. The Kier molecular flexibility index (Phi) is 7.11. The highest BCUT2D eigenvalue weighted by molar-refractivity contribution is 9.10. The Morgan fingerprint density at radius 1 is 1.11 bits per heavy atom. The summed E-state index contributed by atoms with van der Waals surface area (Å²) in [6, 6.07) is 26.6. The second-order valence-electron chi connectivity index (χ2n) is 8.71. The standard InChI is InChI=1S/C30H23BrN4O3/c1-19-13-24(17-33-34-30(36)29-15-23-14-25(31)7-12-28(23)38-29)20(2)35(19)26-8-10-27(11-9-26)37-18-22-6-4-3-5-21(22)16-32/h3-15,17H,18H2,1-2H3,(H,34,36). The first-order valence-electron chi connectivity index (χ1n) is 11.9. The van der Waals surface area contributed by atoms with Gasteiger partial charge in [-0.05, 0) is 74.5 Å². The van der Waals surface area contributed by atoms with Gasteiger partial charge in [-0.2, -0.15) is 10.4 Å². The smallest absolute Gasteiger partial charge is 0.307 e. The summed E-state index contributed by atoms with van der Waals surface area (Å²) in [6.07, 6.45) is 1.63. The molecular formula is C30H23BrN4O3. The van der Waals surface area contributed by atoms with Gasteiger partial charge in [-0.1, -0.05) is 34.1 Å². The molecule has 0 aliphatic rings. The van der Waals surface area contributed by atoms with Gasteiger partial charge >= 0.3 is 5.91 Å². The number of aromatic nitrogens is 1. The van der Waals surface area contributed by atoms with Crippen molar-refractivity contribution in [2.24, 2.45) is 5.10 Å². The molecular weight excluding hydrogens is 544 g/mol. The van der Waals surface area contributed by atoms with Gasteiger partial charge in [0.2, 0.25) is 0 Å². The normalized spacial score (nSPS) is 11.1. The number of carbonyl (C=O) groups is 1. The molecule has 3 aromatic carbocycles. The molecule has 2 heterocycles. The Labute approximate surface area is 228 Å². The van der Waals surface area contributed by atoms with E-state index in [0.717, 1.165) is 38.1 Å². The SMILES string of the molecule is Cc1cc(C=NNC(=O)c2cc3cc(Br)ccc3o2)c(C)n1-c1ccc(OCc2ccccc2C#N)cc1. The molecule has 0 radical (unpaired) electrons. The van der Waals surface area contributed by atoms with E-state index in [0.29, 0.717) is 23.5 Å². The van der Waals surface area contributed by atoms with Crippen molar-refractivity contribution in [3.8, 4) is 17.5 Å². The van der Waals surface area contributed by atoms with Crippen LogP contribution in [0.5, 0.6) is 5.75 Å². The number of rotatable bonds is 7. The van der Waals surface area contributed by atoms with E-state index < -0.39 is 5.91 Å². The molecule has 0 aliphatic heterocycles. The summed E-state index contributed by atoms with van der Waals surface area (Å²) in [5, 5.41) is 14.2. The van der Waals surface area contributed by atoms with Crippen molar-refractivity contribution in [2.75, 3.05) is 0 Å². The van der Waals surface area contributed by atoms with Crippen LogP contribution in [0.25, 0.3) is 16.7 Å². The van der Waals surface area contributed by atoms with Crippen molar-refractivity contribution in [1.29, 1.82) is 5.26 Å². The van der Waals surface area contributed by atoms with E-state index >= 15 is 0 Å². The first kappa shape index (κ1) is 25.1. The number of fused-ring (bicyclic) bond motifs is 1. The molecule has 2 aromatic heterocycles. The van der Waals surface area contributed by atoms with Crippen LogP contribution in [-0.2, 0) is 6.61 Å². The van der Waals surface area contributed by atoms with Gasteiger partial charge < -0.3 is 13.7 Å². The number of ether oxygens (including phenoxy) is 1. The number of amides is 1. The van der Waals surface area contributed by atoms with Crippen LogP contribution in [0, 0.1) is 25.2 Å². The van der Waals surface area contributed by atoms with Gasteiger partial charge in [0.15, 0.2) is 5.76 Å². The molecule has 1 amide bonds. The first-order valence-corrected chi connectivity index (χ1v) is 12.6. The van der Waals surface area contributed by atoms with Crippen molar-refractivity contribution in [1.82, 2.24) is 9.99 Å². The molecule has 0 aliphatic carbocycles. The second kappa shape index (κ2) is 10.8. The molecule has 8 heteroatoms. The molecule has 188 valence electrons. The fraction of sp³-hybridized carbons (Fsp3) is 0.100. The minimum atomic E-state index is -0.421. The van der Waals surface area contributed by atoms with Gasteiger partial charge in [0.05, 0.1) is 17.8 Å². The zero-order valence-electron chi connectivity index (χ0n) is 20.7. The van der Waals surface area contributed by atoms with Crippen LogP contribution in [0.2, 0.25) is 0 Å². The maximum absolute atomic E-state index is 12.5. The van der Waals surface area contributed by atoms with Crippen molar-refractivity contribution in [3.05, 3.63) is 117 Å². The van der Waals surface area contributed by atoms with E-state index in [1.165, 1.54) is 0 Å². The number of halogens is 1. The van der Waals surface area contributed by atoms with Crippen molar-refractivity contribution >= 4 is 39.0 Å². The summed E-state index contributed by atoms with van der Waals surface area (Å²) in [4.78, 5) is 12.5. The number of hydrogen-bond acceptors (Lipinski definition) is 5. The molecule has 0 spiro atoms. The predicted molar refractivity (Wildman–Crippen MR) is 150 cm³/mol. The first-order chi connectivity index (χ1) is 18.4. The third-order valence-corrected chi connectivity index (χ3v) is 6.66. The zero-order valence-corrected chi connectivity index (χ0v) is 22.3. The van der Waals surface area contributed by atoms with Gasteiger partial charge in [0.1, 0.15) is 17.9 Å². The van der Waals surface area contributed by atoms with E-state index in [-0.39, 0.29) is 5.76 Å². The summed E-state index contributed by atoms with van der Waals surface area (Å²) >= 11 is 3.42. The third kappa shape index (κ3) is 5.24. The zero-order chi connectivity index (χ0) is 26.6. The molecule has 5 aromatic rings. The lowest BCUT2D eigenvalue weighted by molar-refractivity contribution is 0.0929. The molecule has 0 fully saturated rings. The fourth-order valence-electron chi connectivity index (χ4n) is 4.27. The fourth-order valence-corrected chi connectivity index (χ4v) is 4.64. The number of hydrazone groups is 1. The minimum Gasteiger partial charge on any atom is -0.489 e. The number of hydrogen-bond donors (Lipinski definition) is 1. The molecule has 5 rings (SSSR count). The van der Waals surface area contributed by atoms with Crippen LogP contribution in [-0.4, -0.2) is 16.7 Å². The van der Waals surface area contributed by atoms with Crippen LogP contribution in [0.4, 0.5) is 0 Å². The number of nitrogens with zero attached hydrogens (tertiary/aromatic N) is 3. The molecule has 0 atom stereocenters. The second-order valence-corrected chi connectivity index (χ2v) is 9.62. The lowest BCUT2D eigenvalue weighted by atomic mass is 10.1. The number of nitriles is 1.